The van der Waals surface area contributed by atoms with Gasteiger partial charge in [-0.3, -0.25) is 14.2 Å². The summed E-state index contributed by atoms with van der Waals surface area (Å²) in [5.74, 6) is -0.0549. The number of thioether (sulfide) groups is 1. The standard InChI is InChI=1S/C30H25N3O2S2/c1-20-16-17-26(21(2)18-20)33-29(35)23-12-6-7-13-24(23)32-30(33)36-19-28(34)31-25-14-8-9-15-27(25)37-22-10-4-3-5-11-22/h3-18H,19H2,1-2H3,(H,31,34). The Balaban J connectivity index is 1.42. The van der Waals surface area contributed by atoms with Gasteiger partial charge in [0.15, 0.2) is 5.16 Å². The smallest absolute Gasteiger partial charge is 0.266 e. The summed E-state index contributed by atoms with van der Waals surface area (Å²) in [6.07, 6.45) is 0. The van der Waals surface area contributed by atoms with E-state index in [1.807, 2.05) is 105 Å². The highest BCUT2D eigenvalue weighted by molar-refractivity contribution is 8.00. The molecule has 5 rings (SSSR count). The van der Waals surface area contributed by atoms with Crippen molar-refractivity contribution in [3.8, 4) is 5.69 Å². The van der Waals surface area contributed by atoms with Gasteiger partial charge in [0.05, 0.1) is 28.0 Å². The average Bonchev–Trinajstić information content (AvgIpc) is 2.90. The zero-order valence-corrected chi connectivity index (χ0v) is 22.1. The van der Waals surface area contributed by atoms with Gasteiger partial charge in [0.1, 0.15) is 0 Å². The molecule has 0 saturated heterocycles. The number of aromatic nitrogens is 2. The molecule has 0 bridgehead atoms. The number of benzene rings is 4. The van der Waals surface area contributed by atoms with Crippen LogP contribution in [0.15, 0.2) is 117 Å². The van der Waals surface area contributed by atoms with E-state index in [9.17, 15) is 9.59 Å². The second-order valence-electron chi connectivity index (χ2n) is 8.59. The van der Waals surface area contributed by atoms with Crippen molar-refractivity contribution in [1.29, 1.82) is 0 Å². The molecule has 0 saturated carbocycles. The minimum Gasteiger partial charge on any atom is -0.324 e. The first-order valence-electron chi connectivity index (χ1n) is 11.8. The second-order valence-corrected chi connectivity index (χ2v) is 10.6. The van der Waals surface area contributed by atoms with Crippen LogP contribution in [0.4, 0.5) is 5.69 Å². The number of para-hydroxylation sites is 2. The number of anilines is 1. The lowest BCUT2D eigenvalue weighted by Crippen LogP contribution is -2.23. The fourth-order valence-corrected chi connectivity index (χ4v) is 5.80. The maximum atomic E-state index is 13.5. The minimum absolute atomic E-state index is 0.111. The molecule has 184 valence electrons. The summed E-state index contributed by atoms with van der Waals surface area (Å²) in [7, 11) is 0. The molecule has 4 aromatic carbocycles. The van der Waals surface area contributed by atoms with E-state index in [1.54, 1.807) is 22.4 Å². The Labute approximate surface area is 224 Å². The first-order chi connectivity index (χ1) is 18.0. The van der Waals surface area contributed by atoms with Crippen molar-refractivity contribution in [3.63, 3.8) is 0 Å². The third kappa shape index (κ3) is 5.63. The molecule has 7 heteroatoms. The van der Waals surface area contributed by atoms with Gasteiger partial charge in [0.2, 0.25) is 5.91 Å². The van der Waals surface area contributed by atoms with Gasteiger partial charge in [-0.2, -0.15) is 0 Å². The van der Waals surface area contributed by atoms with Gasteiger partial charge in [-0.25, -0.2) is 4.98 Å². The third-order valence-corrected chi connectivity index (χ3v) is 7.83. The molecule has 0 unspecified atom stereocenters. The van der Waals surface area contributed by atoms with Gasteiger partial charge < -0.3 is 5.32 Å². The lowest BCUT2D eigenvalue weighted by atomic mass is 10.1. The summed E-state index contributed by atoms with van der Waals surface area (Å²) in [5, 5.41) is 4.06. The Hall–Kier alpha value is -3.81. The number of hydrogen-bond donors (Lipinski definition) is 1. The zero-order valence-electron chi connectivity index (χ0n) is 20.5. The number of amides is 1. The van der Waals surface area contributed by atoms with E-state index in [4.69, 9.17) is 4.98 Å². The van der Waals surface area contributed by atoms with E-state index in [1.165, 1.54) is 11.8 Å². The Morgan fingerprint density at radius 3 is 2.43 bits per heavy atom. The van der Waals surface area contributed by atoms with Crippen LogP contribution in [-0.2, 0) is 4.79 Å². The number of nitrogens with zero attached hydrogens (tertiary/aromatic N) is 2. The quantitative estimate of drug-likeness (QED) is 0.186. The number of rotatable bonds is 7. The Bertz CT molecular complexity index is 1650. The third-order valence-electron chi connectivity index (χ3n) is 5.80. The molecule has 1 N–H and O–H groups in total. The molecule has 5 nitrogen and oxygen atoms in total. The van der Waals surface area contributed by atoms with E-state index >= 15 is 0 Å². The SMILES string of the molecule is Cc1ccc(-n2c(SCC(=O)Nc3ccccc3Sc3ccccc3)nc3ccccc3c2=O)c(C)c1. The van der Waals surface area contributed by atoms with E-state index < -0.39 is 0 Å². The largest absolute Gasteiger partial charge is 0.324 e. The molecule has 0 spiro atoms. The van der Waals surface area contributed by atoms with Crippen LogP contribution in [0.2, 0.25) is 0 Å². The van der Waals surface area contributed by atoms with Crippen molar-refractivity contribution in [2.24, 2.45) is 0 Å². The number of aryl methyl sites for hydroxylation is 2. The Morgan fingerprint density at radius 2 is 1.62 bits per heavy atom. The summed E-state index contributed by atoms with van der Waals surface area (Å²) in [5.41, 5.74) is 4.06. The van der Waals surface area contributed by atoms with E-state index in [-0.39, 0.29) is 17.2 Å². The highest BCUT2D eigenvalue weighted by atomic mass is 32.2. The van der Waals surface area contributed by atoms with Crippen LogP contribution in [0.25, 0.3) is 16.6 Å². The van der Waals surface area contributed by atoms with Crippen molar-refractivity contribution in [2.75, 3.05) is 11.1 Å². The van der Waals surface area contributed by atoms with Crippen LogP contribution in [0, 0.1) is 13.8 Å². The summed E-state index contributed by atoms with van der Waals surface area (Å²) in [6, 6.07) is 31.0. The number of hydrogen-bond acceptors (Lipinski definition) is 5. The molecular formula is C30H25N3O2S2. The number of carbonyl (C=O) groups excluding carboxylic acids is 1. The predicted octanol–water partition coefficient (Wildman–Crippen LogP) is 6.88. The van der Waals surface area contributed by atoms with Crippen molar-refractivity contribution in [3.05, 3.63) is 119 Å². The zero-order chi connectivity index (χ0) is 25.8. The average molecular weight is 524 g/mol. The maximum absolute atomic E-state index is 13.5. The second kappa shape index (κ2) is 11.1. The van der Waals surface area contributed by atoms with Crippen LogP contribution in [0.5, 0.6) is 0 Å². The number of fused-ring (bicyclic) bond motifs is 1. The number of nitrogens with one attached hydrogen (secondary N) is 1. The molecule has 0 aliphatic heterocycles. The molecule has 1 amide bonds. The van der Waals surface area contributed by atoms with E-state index in [2.05, 4.69) is 5.32 Å². The van der Waals surface area contributed by atoms with Gasteiger partial charge in [-0.15, -0.1) is 0 Å². The van der Waals surface area contributed by atoms with Crippen molar-refractivity contribution >= 4 is 46.0 Å². The predicted molar refractivity (Wildman–Crippen MR) is 153 cm³/mol. The summed E-state index contributed by atoms with van der Waals surface area (Å²) in [6.45, 7) is 4.00. The van der Waals surface area contributed by atoms with Crippen molar-refractivity contribution < 1.29 is 4.79 Å². The molecule has 0 atom stereocenters. The van der Waals surface area contributed by atoms with Gasteiger partial charge in [0.25, 0.3) is 5.56 Å². The molecular weight excluding hydrogens is 498 g/mol. The molecule has 0 aliphatic carbocycles. The van der Waals surface area contributed by atoms with Crippen LogP contribution in [-0.4, -0.2) is 21.2 Å². The normalized spacial score (nSPS) is 11.0. The summed E-state index contributed by atoms with van der Waals surface area (Å²) in [4.78, 5) is 33.4. The fourth-order valence-electron chi connectivity index (χ4n) is 4.07. The molecule has 0 radical (unpaired) electrons. The minimum atomic E-state index is -0.166. The Kier molecular flexibility index (Phi) is 7.44. The summed E-state index contributed by atoms with van der Waals surface area (Å²) >= 11 is 2.85. The van der Waals surface area contributed by atoms with Crippen LogP contribution in [0.3, 0.4) is 0 Å². The highest BCUT2D eigenvalue weighted by Gasteiger charge is 2.17. The molecule has 37 heavy (non-hydrogen) atoms. The van der Waals surface area contributed by atoms with Gasteiger partial charge >= 0.3 is 0 Å². The van der Waals surface area contributed by atoms with Gasteiger partial charge in [0, 0.05) is 9.79 Å². The van der Waals surface area contributed by atoms with E-state index in [0.717, 1.165) is 32.3 Å². The van der Waals surface area contributed by atoms with Crippen LogP contribution < -0.4 is 10.9 Å². The molecule has 1 heterocycles. The lowest BCUT2D eigenvalue weighted by molar-refractivity contribution is -0.113. The van der Waals surface area contributed by atoms with Gasteiger partial charge in [-0.05, 0) is 61.9 Å². The van der Waals surface area contributed by atoms with Crippen molar-refractivity contribution in [2.45, 2.75) is 28.8 Å². The molecule has 1 aromatic heterocycles. The first-order valence-corrected chi connectivity index (χ1v) is 13.6. The molecule has 0 aliphatic rings. The van der Waals surface area contributed by atoms with Crippen LogP contribution in [0.1, 0.15) is 11.1 Å². The van der Waals surface area contributed by atoms with Crippen molar-refractivity contribution in [1.82, 2.24) is 9.55 Å². The molecule has 0 fully saturated rings. The first kappa shape index (κ1) is 24.9. The fraction of sp³-hybridized carbons (Fsp3) is 0.100. The summed E-state index contributed by atoms with van der Waals surface area (Å²) < 4.78 is 1.62. The number of carbonyl (C=O) groups is 1. The van der Waals surface area contributed by atoms with E-state index in [0.29, 0.717) is 16.1 Å². The lowest BCUT2D eigenvalue weighted by Gasteiger charge is -2.16. The Morgan fingerprint density at radius 1 is 0.892 bits per heavy atom. The topological polar surface area (TPSA) is 64.0 Å². The van der Waals surface area contributed by atoms with Crippen LogP contribution >= 0.6 is 23.5 Å². The highest BCUT2D eigenvalue weighted by Crippen LogP contribution is 2.33. The monoisotopic (exact) mass is 523 g/mol. The van der Waals surface area contributed by atoms with Gasteiger partial charge in [-0.1, -0.05) is 83.7 Å². The maximum Gasteiger partial charge on any atom is 0.266 e. The molecule has 5 aromatic rings.